The topological polar surface area (TPSA) is 42.4 Å². The van der Waals surface area contributed by atoms with E-state index in [-0.39, 0.29) is 4.08 Å². The molecule has 0 fully saturated rings. The van der Waals surface area contributed by atoms with E-state index in [9.17, 15) is 5.11 Å². The standard InChI is InChI=1S/C19H19NO2S2/c1-23-19(24-2)9-11-22-18-8-6-14(12-16(18)19)5-7-17(21)15-4-3-10-20-13-15/h3-4,6,8,10,12-13,17,21H,9,11H2,1-2H3. The molecule has 2 aromatic rings. The first-order valence-electron chi connectivity index (χ1n) is 7.66. The summed E-state index contributed by atoms with van der Waals surface area (Å²) in [5, 5.41) is 10.2. The van der Waals surface area contributed by atoms with Crippen molar-refractivity contribution < 1.29 is 9.84 Å². The smallest absolute Gasteiger partial charge is 0.142 e. The van der Waals surface area contributed by atoms with Crippen molar-refractivity contribution in [3.63, 3.8) is 0 Å². The molecule has 5 heteroatoms. The van der Waals surface area contributed by atoms with Crippen LogP contribution in [0.25, 0.3) is 0 Å². The average molecular weight is 358 g/mol. The van der Waals surface area contributed by atoms with Crippen molar-refractivity contribution in [1.29, 1.82) is 0 Å². The molecule has 0 saturated carbocycles. The van der Waals surface area contributed by atoms with E-state index in [1.807, 2.05) is 41.7 Å². The van der Waals surface area contributed by atoms with Gasteiger partial charge in [0.15, 0.2) is 0 Å². The zero-order valence-electron chi connectivity index (χ0n) is 13.7. The van der Waals surface area contributed by atoms with Crippen LogP contribution in [0.1, 0.15) is 29.2 Å². The van der Waals surface area contributed by atoms with Crippen LogP contribution in [-0.4, -0.2) is 29.2 Å². The molecule has 3 nitrogen and oxygen atoms in total. The number of aliphatic hydroxyl groups is 1. The molecular weight excluding hydrogens is 338 g/mol. The van der Waals surface area contributed by atoms with Crippen LogP contribution < -0.4 is 4.74 Å². The van der Waals surface area contributed by atoms with Crippen molar-refractivity contribution in [2.45, 2.75) is 16.6 Å². The van der Waals surface area contributed by atoms with Gasteiger partial charge in [0.05, 0.1) is 10.7 Å². The maximum atomic E-state index is 10.2. The highest BCUT2D eigenvalue weighted by Crippen LogP contribution is 2.52. The summed E-state index contributed by atoms with van der Waals surface area (Å²) < 4.78 is 5.81. The molecule has 124 valence electrons. The van der Waals surface area contributed by atoms with Crippen LogP contribution in [0.15, 0.2) is 42.7 Å². The number of benzene rings is 1. The van der Waals surface area contributed by atoms with E-state index in [4.69, 9.17) is 4.74 Å². The fourth-order valence-electron chi connectivity index (χ4n) is 2.74. The number of hydrogen-bond acceptors (Lipinski definition) is 5. The van der Waals surface area contributed by atoms with E-state index in [1.54, 1.807) is 18.5 Å². The van der Waals surface area contributed by atoms with Crippen LogP contribution in [0.4, 0.5) is 0 Å². The first-order chi connectivity index (χ1) is 11.7. The van der Waals surface area contributed by atoms with Gasteiger partial charge in [0.1, 0.15) is 11.9 Å². The molecule has 1 unspecified atom stereocenters. The normalized spacial score (nSPS) is 16.3. The Hall–Kier alpha value is -1.61. The maximum Gasteiger partial charge on any atom is 0.142 e. The van der Waals surface area contributed by atoms with Crippen molar-refractivity contribution in [2.75, 3.05) is 19.1 Å². The molecule has 0 amide bonds. The summed E-state index contributed by atoms with van der Waals surface area (Å²) in [4.78, 5) is 4.01. The Kier molecular flexibility index (Phi) is 5.40. The Morgan fingerprint density at radius 2 is 2.12 bits per heavy atom. The van der Waals surface area contributed by atoms with Gasteiger partial charge in [-0.2, -0.15) is 0 Å². The molecule has 1 aliphatic rings. The van der Waals surface area contributed by atoms with E-state index in [1.165, 1.54) is 5.56 Å². The van der Waals surface area contributed by atoms with Crippen LogP contribution >= 0.6 is 23.5 Å². The first kappa shape index (κ1) is 17.2. The van der Waals surface area contributed by atoms with E-state index in [0.29, 0.717) is 5.56 Å². The molecule has 0 radical (unpaired) electrons. The quantitative estimate of drug-likeness (QED) is 0.668. The summed E-state index contributed by atoms with van der Waals surface area (Å²) in [6, 6.07) is 9.63. The van der Waals surface area contributed by atoms with Gasteiger partial charge in [0, 0.05) is 35.5 Å². The lowest BCUT2D eigenvalue weighted by molar-refractivity contribution is 0.238. The molecule has 2 heterocycles. The number of aliphatic hydroxyl groups excluding tert-OH is 1. The van der Waals surface area contributed by atoms with Crippen molar-refractivity contribution in [3.05, 3.63) is 59.4 Å². The third kappa shape index (κ3) is 3.41. The summed E-state index contributed by atoms with van der Waals surface area (Å²) in [5.74, 6) is 6.91. The van der Waals surface area contributed by atoms with E-state index in [0.717, 1.165) is 24.3 Å². The molecule has 24 heavy (non-hydrogen) atoms. The number of ether oxygens (including phenoxy) is 1. The fourth-order valence-corrected chi connectivity index (χ4v) is 4.74. The monoisotopic (exact) mass is 357 g/mol. The largest absolute Gasteiger partial charge is 0.493 e. The highest BCUT2D eigenvalue weighted by molar-refractivity contribution is 8.16. The summed E-state index contributed by atoms with van der Waals surface area (Å²) >= 11 is 3.69. The maximum absolute atomic E-state index is 10.2. The van der Waals surface area contributed by atoms with Crippen LogP contribution in [-0.2, 0) is 4.08 Å². The number of nitrogens with zero attached hydrogens (tertiary/aromatic N) is 1. The lowest BCUT2D eigenvalue weighted by Crippen LogP contribution is -2.26. The van der Waals surface area contributed by atoms with Gasteiger partial charge < -0.3 is 9.84 Å². The number of hydrogen-bond donors (Lipinski definition) is 1. The van der Waals surface area contributed by atoms with Crippen molar-refractivity contribution in [3.8, 4) is 17.6 Å². The van der Waals surface area contributed by atoms with E-state index in [2.05, 4.69) is 35.4 Å². The van der Waals surface area contributed by atoms with E-state index < -0.39 is 6.10 Å². The van der Waals surface area contributed by atoms with Crippen LogP contribution in [0, 0.1) is 11.8 Å². The molecule has 0 bridgehead atoms. The third-order valence-electron chi connectivity index (χ3n) is 4.09. The summed E-state index contributed by atoms with van der Waals surface area (Å²) in [7, 11) is 0. The number of aromatic nitrogens is 1. The predicted molar refractivity (Wildman–Crippen MR) is 101 cm³/mol. The molecule has 1 atom stereocenters. The molecule has 0 aliphatic carbocycles. The van der Waals surface area contributed by atoms with E-state index >= 15 is 0 Å². The third-order valence-corrected chi connectivity index (χ3v) is 7.26. The van der Waals surface area contributed by atoms with Gasteiger partial charge in [-0.25, -0.2) is 0 Å². The Bertz CT molecular complexity index is 764. The molecule has 1 aromatic heterocycles. The summed E-state index contributed by atoms with van der Waals surface area (Å²) in [6.07, 6.45) is 7.71. The van der Waals surface area contributed by atoms with Crippen molar-refractivity contribution in [1.82, 2.24) is 4.98 Å². The number of rotatable bonds is 3. The number of thioether (sulfide) groups is 2. The Morgan fingerprint density at radius 1 is 1.29 bits per heavy atom. The molecule has 0 spiro atoms. The molecule has 1 aliphatic heterocycles. The van der Waals surface area contributed by atoms with Crippen LogP contribution in [0.3, 0.4) is 0 Å². The Balaban J connectivity index is 1.91. The van der Waals surface area contributed by atoms with Gasteiger partial charge in [0.25, 0.3) is 0 Å². The summed E-state index contributed by atoms with van der Waals surface area (Å²) in [6.45, 7) is 0.736. The molecule has 1 aromatic carbocycles. The van der Waals surface area contributed by atoms with Gasteiger partial charge in [-0.3, -0.25) is 4.98 Å². The molecule has 1 N–H and O–H groups in total. The number of fused-ring (bicyclic) bond motifs is 1. The van der Waals surface area contributed by atoms with Crippen LogP contribution in [0.5, 0.6) is 5.75 Å². The molecule has 3 rings (SSSR count). The zero-order chi connectivity index (χ0) is 17.0. The second-order valence-electron chi connectivity index (χ2n) is 5.43. The second-order valence-corrected chi connectivity index (χ2v) is 7.90. The lowest BCUT2D eigenvalue weighted by atomic mass is 10.0. The SMILES string of the molecule is CSC1(SC)CCOc2ccc(C#CC(O)c3cccnc3)cc21. The second kappa shape index (κ2) is 7.52. The highest BCUT2D eigenvalue weighted by atomic mass is 32.2. The fraction of sp³-hybridized carbons (Fsp3) is 0.316. The Morgan fingerprint density at radius 3 is 2.83 bits per heavy atom. The van der Waals surface area contributed by atoms with Crippen molar-refractivity contribution >= 4 is 23.5 Å². The first-order valence-corrected chi connectivity index (χ1v) is 10.1. The molecular formula is C19H19NO2S2. The highest BCUT2D eigenvalue weighted by Gasteiger charge is 2.36. The van der Waals surface area contributed by atoms with Gasteiger partial charge in [-0.15, -0.1) is 23.5 Å². The zero-order valence-corrected chi connectivity index (χ0v) is 15.3. The minimum Gasteiger partial charge on any atom is -0.493 e. The summed E-state index contributed by atoms with van der Waals surface area (Å²) in [5.41, 5.74) is 2.76. The van der Waals surface area contributed by atoms with Crippen LogP contribution in [0.2, 0.25) is 0 Å². The minimum absolute atomic E-state index is 0.00718. The van der Waals surface area contributed by atoms with Gasteiger partial charge in [0.2, 0.25) is 0 Å². The number of pyridine rings is 1. The lowest BCUT2D eigenvalue weighted by Gasteiger charge is -2.36. The molecule has 0 saturated heterocycles. The van der Waals surface area contributed by atoms with Gasteiger partial charge in [-0.1, -0.05) is 17.9 Å². The van der Waals surface area contributed by atoms with Gasteiger partial charge in [-0.05, 0) is 36.8 Å². The predicted octanol–water partition coefficient (Wildman–Crippen LogP) is 3.83. The average Bonchev–Trinajstić information content (AvgIpc) is 2.66. The van der Waals surface area contributed by atoms with Gasteiger partial charge >= 0.3 is 0 Å². The minimum atomic E-state index is -0.836. The van der Waals surface area contributed by atoms with Crippen molar-refractivity contribution in [2.24, 2.45) is 0 Å². The Labute approximate surface area is 151 Å².